The van der Waals surface area contributed by atoms with Crippen LogP contribution in [0.15, 0.2) is 18.2 Å². The maximum absolute atomic E-state index is 12.1. The van der Waals surface area contributed by atoms with Crippen molar-refractivity contribution < 1.29 is 23.8 Å². The van der Waals surface area contributed by atoms with E-state index in [4.69, 9.17) is 14.2 Å². The Balaban J connectivity index is 2.23. The Labute approximate surface area is 105 Å². The molecule has 18 heavy (non-hydrogen) atoms. The molecule has 0 saturated carbocycles. The Hall–Kier alpha value is -2.04. The number of Topliss-reactive ketones (excluding diaryl/α,β-unsaturated/α-hetero) is 1. The smallest absolute Gasteiger partial charge is 0.306 e. The fourth-order valence-electron chi connectivity index (χ4n) is 1.89. The summed E-state index contributed by atoms with van der Waals surface area (Å²) in [7, 11) is 3.03. The van der Waals surface area contributed by atoms with Gasteiger partial charge >= 0.3 is 5.97 Å². The largest absolute Gasteiger partial charge is 0.493 e. The van der Waals surface area contributed by atoms with E-state index in [1.165, 1.54) is 14.2 Å². The highest BCUT2D eigenvalue weighted by atomic mass is 16.6. The van der Waals surface area contributed by atoms with Crippen LogP contribution in [0.5, 0.6) is 11.5 Å². The lowest BCUT2D eigenvalue weighted by Gasteiger charge is -2.11. The van der Waals surface area contributed by atoms with Gasteiger partial charge in [0.1, 0.15) is 0 Å². The lowest BCUT2D eigenvalue weighted by Crippen LogP contribution is -2.20. The SMILES string of the molecule is COc1ccc(C(=O)C2CCC(=O)O2)cc1OC. The highest BCUT2D eigenvalue weighted by Gasteiger charge is 2.30. The molecule has 1 aliphatic heterocycles. The summed E-state index contributed by atoms with van der Waals surface area (Å²) in [5.41, 5.74) is 0.451. The minimum atomic E-state index is -0.671. The third-order valence-corrected chi connectivity index (χ3v) is 2.84. The quantitative estimate of drug-likeness (QED) is 0.600. The monoisotopic (exact) mass is 250 g/mol. The van der Waals surface area contributed by atoms with Crippen LogP contribution >= 0.6 is 0 Å². The lowest BCUT2D eigenvalue weighted by molar-refractivity contribution is -0.140. The predicted octanol–water partition coefficient (Wildman–Crippen LogP) is 1.59. The number of carbonyl (C=O) groups excluding carboxylic acids is 2. The van der Waals surface area contributed by atoms with Gasteiger partial charge in [-0.05, 0) is 18.2 Å². The molecular weight excluding hydrogens is 236 g/mol. The van der Waals surface area contributed by atoms with E-state index in [2.05, 4.69) is 0 Å². The number of rotatable bonds is 4. The van der Waals surface area contributed by atoms with Crippen LogP contribution in [-0.2, 0) is 9.53 Å². The minimum absolute atomic E-state index is 0.207. The van der Waals surface area contributed by atoms with Crippen molar-refractivity contribution in [2.45, 2.75) is 18.9 Å². The zero-order chi connectivity index (χ0) is 13.1. The number of hydrogen-bond acceptors (Lipinski definition) is 5. The van der Waals surface area contributed by atoms with Gasteiger partial charge in [0.15, 0.2) is 17.6 Å². The second kappa shape index (κ2) is 5.08. The Morgan fingerprint density at radius 2 is 2.00 bits per heavy atom. The molecule has 1 heterocycles. The van der Waals surface area contributed by atoms with Gasteiger partial charge < -0.3 is 14.2 Å². The molecule has 1 aliphatic rings. The van der Waals surface area contributed by atoms with Crippen LogP contribution in [-0.4, -0.2) is 32.1 Å². The van der Waals surface area contributed by atoms with Gasteiger partial charge in [0, 0.05) is 18.4 Å². The normalized spacial score (nSPS) is 18.3. The van der Waals surface area contributed by atoms with Crippen molar-refractivity contribution in [3.05, 3.63) is 23.8 Å². The van der Waals surface area contributed by atoms with Crippen molar-refractivity contribution in [2.75, 3.05) is 14.2 Å². The van der Waals surface area contributed by atoms with Gasteiger partial charge in [-0.3, -0.25) is 9.59 Å². The molecule has 0 aromatic heterocycles. The van der Waals surface area contributed by atoms with Crippen molar-refractivity contribution in [2.24, 2.45) is 0 Å². The minimum Gasteiger partial charge on any atom is -0.493 e. The average molecular weight is 250 g/mol. The van der Waals surface area contributed by atoms with Crippen LogP contribution in [0, 0.1) is 0 Å². The topological polar surface area (TPSA) is 61.8 Å². The Morgan fingerprint density at radius 3 is 2.56 bits per heavy atom. The second-order valence-corrected chi connectivity index (χ2v) is 3.95. The van der Waals surface area contributed by atoms with Crippen LogP contribution in [0.2, 0.25) is 0 Å². The summed E-state index contributed by atoms with van der Waals surface area (Å²) in [6.07, 6.45) is 0.0611. The van der Waals surface area contributed by atoms with Crippen LogP contribution < -0.4 is 9.47 Å². The molecule has 1 aromatic carbocycles. The van der Waals surface area contributed by atoms with Gasteiger partial charge in [-0.1, -0.05) is 0 Å². The standard InChI is InChI=1S/C13H14O5/c1-16-9-4-3-8(7-11(9)17-2)13(15)10-5-6-12(14)18-10/h3-4,7,10H,5-6H2,1-2H3. The van der Waals surface area contributed by atoms with Gasteiger partial charge in [0.05, 0.1) is 14.2 Å². The molecule has 5 heteroatoms. The summed E-state index contributed by atoms with van der Waals surface area (Å²) in [4.78, 5) is 23.1. The molecule has 0 spiro atoms. The molecule has 5 nitrogen and oxygen atoms in total. The van der Waals surface area contributed by atoms with Gasteiger partial charge in [0.2, 0.25) is 5.78 Å². The Bertz CT molecular complexity index is 480. The molecule has 1 fully saturated rings. The molecule has 1 unspecified atom stereocenters. The summed E-state index contributed by atoms with van der Waals surface area (Å²) in [6, 6.07) is 4.88. The second-order valence-electron chi connectivity index (χ2n) is 3.95. The zero-order valence-corrected chi connectivity index (χ0v) is 10.3. The first-order chi connectivity index (χ1) is 8.65. The summed E-state index contributed by atoms with van der Waals surface area (Å²) in [6.45, 7) is 0. The van der Waals surface area contributed by atoms with Gasteiger partial charge in [-0.15, -0.1) is 0 Å². The summed E-state index contributed by atoms with van der Waals surface area (Å²) in [5.74, 6) is 0.501. The fraction of sp³-hybridized carbons (Fsp3) is 0.385. The number of hydrogen-bond donors (Lipinski definition) is 0. The van der Waals surface area contributed by atoms with Crippen molar-refractivity contribution in [3.8, 4) is 11.5 Å². The van der Waals surface area contributed by atoms with E-state index in [1.807, 2.05) is 0 Å². The maximum atomic E-state index is 12.1. The van der Waals surface area contributed by atoms with E-state index < -0.39 is 6.10 Å². The fourth-order valence-corrected chi connectivity index (χ4v) is 1.89. The van der Waals surface area contributed by atoms with Crippen LogP contribution in [0.25, 0.3) is 0 Å². The summed E-state index contributed by atoms with van der Waals surface area (Å²) >= 11 is 0. The highest BCUT2D eigenvalue weighted by molar-refractivity contribution is 6.01. The first-order valence-corrected chi connectivity index (χ1v) is 5.61. The number of carbonyl (C=O) groups is 2. The van der Waals surface area contributed by atoms with Crippen LogP contribution in [0.1, 0.15) is 23.2 Å². The third-order valence-electron chi connectivity index (χ3n) is 2.84. The number of ether oxygens (including phenoxy) is 3. The van der Waals surface area contributed by atoms with E-state index in [0.717, 1.165) is 0 Å². The number of methoxy groups -OCH3 is 2. The first-order valence-electron chi connectivity index (χ1n) is 5.61. The van der Waals surface area contributed by atoms with E-state index >= 15 is 0 Å². The molecule has 0 amide bonds. The molecule has 1 atom stereocenters. The summed E-state index contributed by atoms with van der Waals surface area (Å²) in [5, 5.41) is 0. The molecule has 0 bridgehead atoms. The molecule has 0 aliphatic carbocycles. The number of esters is 1. The Kier molecular flexibility index (Phi) is 3.50. The first kappa shape index (κ1) is 12.4. The number of benzene rings is 1. The lowest BCUT2D eigenvalue weighted by atomic mass is 10.0. The molecular formula is C13H14O5. The van der Waals surface area contributed by atoms with Crippen molar-refractivity contribution in [1.29, 1.82) is 0 Å². The predicted molar refractivity (Wildman–Crippen MR) is 63.0 cm³/mol. The van der Waals surface area contributed by atoms with Crippen molar-refractivity contribution >= 4 is 11.8 Å². The zero-order valence-electron chi connectivity index (χ0n) is 10.3. The average Bonchev–Trinajstić information content (AvgIpc) is 2.83. The van der Waals surface area contributed by atoms with E-state index in [1.54, 1.807) is 18.2 Å². The van der Waals surface area contributed by atoms with E-state index in [-0.39, 0.29) is 11.8 Å². The van der Waals surface area contributed by atoms with Gasteiger partial charge in [0.25, 0.3) is 0 Å². The van der Waals surface area contributed by atoms with Crippen LogP contribution in [0.4, 0.5) is 0 Å². The Morgan fingerprint density at radius 1 is 1.28 bits per heavy atom. The number of cyclic esters (lactones) is 1. The number of ketones is 1. The third kappa shape index (κ3) is 2.30. The highest BCUT2D eigenvalue weighted by Crippen LogP contribution is 2.29. The molecule has 2 rings (SSSR count). The van der Waals surface area contributed by atoms with E-state index in [0.29, 0.717) is 29.9 Å². The molecule has 1 saturated heterocycles. The van der Waals surface area contributed by atoms with E-state index in [9.17, 15) is 9.59 Å². The van der Waals surface area contributed by atoms with Crippen molar-refractivity contribution in [3.63, 3.8) is 0 Å². The molecule has 1 aromatic rings. The van der Waals surface area contributed by atoms with Crippen LogP contribution in [0.3, 0.4) is 0 Å². The summed E-state index contributed by atoms with van der Waals surface area (Å²) < 4.78 is 15.2. The molecule has 96 valence electrons. The van der Waals surface area contributed by atoms with Gasteiger partial charge in [-0.2, -0.15) is 0 Å². The molecule has 0 radical (unpaired) electrons. The molecule has 0 N–H and O–H groups in total. The maximum Gasteiger partial charge on any atom is 0.306 e. The van der Waals surface area contributed by atoms with Crippen molar-refractivity contribution in [1.82, 2.24) is 0 Å². The van der Waals surface area contributed by atoms with Gasteiger partial charge in [-0.25, -0.2) is 0 Å².